The number of nitrogens with one attached hydrogen (secondary N) is 2. The SMILES string of the molecule is COC(=O)c1ccc(NC(=S)NCc2ccc(C)o2)cc1. The lowest BCUT2D eigenvalue weighted by Gasteiger charge is -2.09. The Bertz CT molecular complexity index is 635. The summed E-state index contributed by atoms with van der Waals surface area (Å²) in [6.07, 6.45) is 0. The van der Waals surface area contributed by atoms with E-state index in [1.165, 1.54) is 7.11 Å². The van der Waals surface area contributed by atoms with E-state index in [1.54, 1.807) is 24.3 Å². The van der Waals surface area contributed by atoms with Crippen LogP contribution in [0.25, 0.3) is 0 Å². The van der Waals surface area contributed by atoms with Crippen molar-refractivity contribution in [2.45, 2.75) is 13.5 Å². The first-order chi connectivity index (χ1) is 10.1. The van der Waals surface area contributed by atoms with Crippen molar-refractivity contribution in [1.29, 1.82) is 0 Å². The number of hydrogen-bond donors (Lipinski definition) is 2. The molecular weight excluding hydrogens is 288 g/mol. The maximum absolute atomic E-state index is 11.3. The van der Waals surface area contributed by atoms with E-state index < -0.39 is 0 Å². The fourth-order valence-corrected chi connectivity index (χ4v) is 1.92. The molecule has 0 spiro atoms. The van der Waals surface area contributed by atoms with Gasteiger partial charge in [-0.3, -0.25) is 0 Å². The molecule has 1 heterocycles. The number of aryl methyl sites for hydroxylation is 1. The lowest BCUT2D eigenvalue weighted by Crippen LogP contribution is -2.27. The van der Waals surface area contributed by atoms with Gasteiger partial charge in [-0.1, -0.05) is 0 Å². The number of ether oxygens (including phenoxy) is 1. The number of esters is 1. The van der Waals surface area contributed by atoms with Gasteiger partial charge in [0.05, 0.1) is 19.2 Å². The fraction of sp³-hybridized carbons (Fsp3) is 0.200. The van der Waals surface area contributed by atoms with E-state index in [4.69, 9.17) is 16.6 Å². The van der Waals surface area contributed by atoms with E-state index in [1.807, 2.05) is 19.1 Å². The first kappa shape index (κ1) is 15.1. The summed E-state index contributed by atoms with van der Waals surface area (Å²) in [5, 5.41) is 6.56. The van der Waals surface area contributed by atoms with Crippen LogP contribution in [-0.2, 0) is 11.3 Å². The Balaban J connectivity index is 1.86. The van der Waals surface area contributed by atoms with Crippen LogP contribution in [-0.4, -0.2) is 18.2 Å². The Kier molecular flexibility index (Phi) is 4.94. The summed E-state index contributed by atoms with van der Waals surface area (Å²) in [6, 6.07) is 10.7. The molecule has 21 heavy (non-hydrogen) atoms. The molecule has 0 saturated heterocycles. The number of hydrogen-bond acceptors (Lipinski definition) is 4. The highest BCUT2D eigenvalue weighted by atomic mass is 32.1. The zero-order valence-corrected chi connectivity index (χ0v) is 12.6. The minimum Gasteiger partial charge on any atom is -0.465 e. The average Bonchev–Trinajstić information content (AvgIpc) is 2.91. The molecule has 2 aromatic rings. The van der Waals surface area contributed by atoms with Gasteiger partial charge in [-0.25, -0.2) is 4.79 Å². The number of methoxy groups -OCH3 is 1. The quantitative estimate of drug-likeness (QED) is 0.669. The zero-order valence-electron chi connectivity index (χ0n) is 11.8. The van der Waals surface area contributed by atoms with Crippen LogP contribution < -0.4 is 10.6 Å². The van der Waals surface area contributed by atoms with Gasteiger partial charge in [0.15, 0.2) is 5.11 Å². The Morgan fingerprint density at radius 2 is 1.95 bits per heavy atom. The molecule has 0 fully saturated rings. The van der Waals surface area contributed by atoms with Crippen molar-refractivity contribution in [3.8, 4) is 0 Å². The third-order valence-electron chi connectivity index (χ3n) is 2.78. The van der Waals surface area contributed by atoms with Crippen LogP contribution in [0.15, 0.2) is 40.8 Å². The van der Waals surface area contributed by atoms with Gasteiger partial charge in [-0.05, 0) is 55.5 Å². The molecule has 2 N–H and O–H groups in total. The predicted octanol–water partition coefficient (Wildman–Crippen LogP) is 2.86. The number of anilines is 1. The summed E-state index contributed by atoms with van der Waals surface area (Å²) in [7, 11) is 1.35. The van der Waals surface area contributed by atoms with Gasteiger partial charge < -0.3 is 19.8 Å². The van der Waals surface area contributed by atoms with Crippen LogP contribution in [0.1, 0.15) is 21.9 Å². The van der Waals surface area contributed by atoms with Crippen molar-refractivity contribution in [2.75, 3.05) is 12.4 Å². The number of thiocarbonyl (C=S) groups is 1. The second-order valence-electron chi connectivity index (χ2n) is 4.39. The molecule has 1 aromatic heterocycles. The molecule has 0 atom stereocenters. The molecule has 110 valence electrons. The molecular formula is C15H16N2O3S. The highest BCUT2D eigenvalue weighted by Gasteiger charge is 2.05. The molecule has 0 aliphatic rings. The smallest absolute Gasteiger partial charge is 0.337 e. The monoisotopic (exact) mass is 304 g/mol. The number of furan rings is 1. The maximum Gasteiger partial charge on any atom is 0.337 e. The Morgan fingerprint density at radius 3 is 2.52 bits per heavy atom. The van der Waals surface area contributed by atoms with Crippen molar-refractivity contribution >= 4 is 29.0 Å². The van der Waals surface area contributed by atoms with Crippen LogP contribution in [0.2, 0.25) is 0 Å². The van der Waals surface area contributed by atoms with Gasteiger partial charge in [-0.2, -0.15) is 0 Å². The van der Waals surface area contributed by atoms with Gasteiger partial charge in [0.1, 0.15) is 11.5 Å². The normalized spacial score (nSPS) is 10.0. The topological polar surface area (TPSA) is 63.5 Å². The minimum atomic E-state index is -0.365. The molecule has 6 heteroatoms. The highest BCUT2D eigenvalue weighted by Crippen LogP contribution is 2.10. The molecule has 1 aromatic carbocycles. The predicted molar refractivity (Wildman–Crippen MR) is 84.3 cm³/mol. The minimum absolute atomic E-state index is 0.365. The molecule has 2 rings (SSSR count). The molecule has 5 nitrogen and oxygen atoms in total. The number of carbonyl (C=O) groups excluding carboxylic acids is 1. The largest absolute Gasteiger partial charge is 0.465 e. The third kappa shape index (κ3) is 4.32. The van der Waals surface area contributed by atoms with Crippen molar-refractivity contribution < 1.29 is 13.9 Å². The van der Waals surface area contributed by atoms with Crippen LogP contribution in [0, 0.1) is 6.92 Å². The molecule has 0 radical (unpaired) electrons. The van der Waals surface area contributed by atoms with Gasteiger partial charge >= 0.3 is 5.97 Å². The van der Waals surface area contributed by atoms with Crippen LogP contribution in [0.4, 0.5) is 5.69 Å². The van der Waals surface area contributed by atoms with E-state index in [0.29, 0.717) is 17.2 Å². The summed E-state index contributed by atoms with van der Waals surface area (Å²) in [5.74, 6) is 1.32. The zero-order chi connectivity index (χ0) is 15.2. The average molecular weight is 304 g/mol. The summed E-state index contributed by atoms with van der Waals surface area (Å²) in [5.41, 5.74) is 1.28. The maximum atomic E-state index is 11.3. The van der Waals surface area contributed by atoms with E-state index in [-0.39, 0.29) is 5.97 Å². The standard InChI is InChI=1S/C15H16N2O3S/c1-10-3-8-13(20-10)9-16-15(21)17-12-6-4-11(5-7-12)14(18)19-2/h3-8H,9H2,1-2H3,(H2,16,17,21). The molecule has 0 amide bonds. The lowest BCUT2D eigenvalue weighted by atomic mass is 10.2. The summed E-state index contributed by atoms with van der Waals surface area (Å²) >= 11 is 5.19. The van der Waals surface area contributed by atoms with Crippen molar-refractivity contribution in [3.05, 3.63) is 53.5 Å². The van der Waals surface area contributed by atoms with Gasteiger partial charge in [0.25, 0.3) is 0 Å². The van der Waals surface area contributed by atoms with Crippen LogP contribution in [0.5, 0.6) is 0 Å². The second-order valence-corrected chi connectivity index (χ2v) is 4.80. The summed E-state index contributed by atoms with van der Waals surface area (Å²) in [6.45, 7) is 2.41. The Labute approximate surface area is 128 Å². The molecule has 0 bridgehead atoms. The highest BCUT2D eigenvalue weighted by molar-refractivity contribution is 7.80. The van der Waals surface area contributed by atoms with Crippen molar-refractivity contribution in [3.63, 3.8) is 0 Å². The Hall–Kier alpha value is -2.34. The first-order valence-electron chi connectivity index (χ1n) is 6.37. The Morgan fingerprint density at radius 1 is 1.24 bits per heavy atom. The van der Waals surface area contributed by atoms with Crippen LogP contribution in [0.3, 0.4) is 0 Å². The summed E-state index contributed by atoms with van der Waals surface area (Å²) < 4.78 is 10.1. The summed E-state index contributed by atoms with van der Waals surface area (Å²) in [4.78, 5) is 11.3. The molecule has 0 saturated carbocycles. The molecule has 0 unspecified atom stereocenters. The van der Waals surface area contributed by atoms with E-state index >= 15 is 0 Å². The van der Waals surface area contributed by atoms with Gasteiger partial charge in [0.2, 0.25) is 0 Å². The lowest BCUT2D eigenvalue weighted by molar-refractivity contribution is 0.0601. The number of benzene rings is 1. The van der Waals surface area contributed by atoms with Crippen molar-refractivity contribution in [2.24, 2.45) is 0 Å². The van der Waals surface area contributed by atoms with Crippen LogP contribution >= 0.6 is 12.2 Å². The van der Waals surface area contributed by atoms with E-state index in [2.05, 4.69) is 15.4 Å². The van der Waals surface area contributed by atoms with Crippen molar-refractivity contribution in [1.82, 2.24) is 5.32 Å². The third-order valence-corrected chi connectivity index (χ3v) is 3.03. The molecule has 0 aliphatic carbocycles. The fourth-order valence-electron chi connectivity index (χ4n) is 1.73. The number of carbonyl (C=O) groups is 1. The van der Waals surface area contributed by atoms with E-state index in [9.17, 15) is 4.79 Å². The second kappa shape index (κ2) is 6.90. The van der Waals surface area contributed by atoms with Gasteiger partial charge in [0, 0.05) is 5.69 Å². The molecule has 0 aliphatic heterocycles. The first-order valence-corrected chi connectivity index (χ1v) is 6.78. The number of rotatable bonds is 4. The van der Waals surface area contributed by atoms with Gasteiger partial charge in [-0.15, -0.1) is 0 Å². The van der Waals surface area contributed by atoms with E-state index in [0.717, 1.165) is 17.2 Å².